The van der Waals surface area contributed by atoms with Gasteiger partial charge in [-0.05, 0) is 59.7 Å². The summed E-state index contributed by atoms with van der Waals surface area (Å²) in [7, 11) is 6.03. The number of rotatable bonds is 22. The smallest absolute Gasteiger partial charge is 0.549 e. The average Bonchev–Trinajstić information content (AvgIpc) is 3.25. The van der Waals surface area contributed by atoms with Crippen LogP contribution in [0.5, 0.6) is 46.0 Å². The van der Waals surface area contributed by atoms with Crippen molar-refractivity contribution in [1.29, 1.82) is 0 Å². The number of hydrogen-bond acceptors (Lipinski definition) is 16. The second kappa shape index (κ2) is 23.7. The minimum absolute atomic E-state index is 0. The molecule has 0 saturated carbocycles. The number of carbonyl (C=O) groups is 2. The van der Waals surface area contributed by atoms with E-state index in [2.05, 4.69) is 10.6 Å². The van der Waals surface area contributed by atoms with E-state index in [1.165, 1.54) is 130 Å². The zero-order chi connectivity index (χ0) is 43.4. The fraction of sp³-hybridized carbons (Fsp3) is 0.286. The summed E-state index contributed by atoms with van der Waals surface area (Å²) < 4.78 is 76.9. The Morgan fingerprint density at radius 2 is 0.787 bits per heavy atom. The molecule has 0 aliphatic carbocycles. The van der Waals surface area contributed by atoms with Gasteiger partial charge in [0.25, 0.3) is 0 Å². The number of nitrogens with one attached hydrogen (secondary N) is 2. The van der Waals surface area contributed by atoms with E-state index in [9.17, 15) is 19.8 Å². The van der Waals surface area contributed by atoms with Crippen LogP contribution in [0.4, 0.5) is 0 Å². The predicted molar refractivity (Wildman–Crippen MR) is 215 cm³/mol. The molecule has 4 aromatic rings. The Kier molecular flexibility index (Phi) is 20.5. The molecule has 4 rings (SSSR count). The van der Waals surface area contributed by atoms with Crippen molar-refractivity contribution in [2.45, 2.75) is 9.74 Å². The average molecular weight is 881 g/mol. The van der Waals surface area contributed by atoms with Crippen LogP contribution in [0.2, 0.25) is 0 Å². The van der Waals surface area contributed by atoms with Gasteiger partial charge in [0, 0.05) is 37.4 Å². The van der Waals surface area contributed by atoms with Gasteiger partial charge in [-0.3, -0.25) is 10.6 Å². The van der Waals surface area contributed by atoms with Gasteiger partial charge < -0.3 is 57.7 Å². The topological polar surface area (TPSA) is 212 Å². The number of methoxy groups -OCH3 is 8. The molecule has 16 nitrogen and oxygen atoms in total. The molecular formula is C42H46N2Na2O14S. The summed E-state index contributed by atoms with van der Waals surface area (Å²) in [5.74, 6) is -1.10. The zero-order valence-electron chi connectivity index (χ0n) is 35.8. The van der Waals surface area contributed by atoms with Crippen molar-refractivity contribution >= 4 is 33.9 Å². The first-order chi connectivity index (χ1) is 28.2. The molecule has 316 valence electrons. The van der Waals surface area contributed by atoms with Crippen LogP contribution in [0.15, 0.2) is 84.9 Å². The summed E-state index contributed by atoms with van der Waals surface area (Å²) >= 11 is 0. The quantitative estimate of drug-likeness (QED) is 0.0728. The minimum Gasteiger partial charge on any atom is -0.549 e. The summed E-state index contributed by atoms with van der Waals surface area (Å²) in [5.41, 5.74) is 0.423. The second-order valence-electron chi connectivity index (χ2n) is 12.4. The van der Waals surface area contributed by atoms with Gasteiger partial charge in [-0.2, -0.15) is 0 Å². The van der Waals surface area contributed by atoms with Crippen molar-refractivity contribution in [3.63, 3.8) is 0 Å². The maximum Gasteiger partial charge on any atom is 1.00 e. The van der Waals surface area contributed by atoms with E-state index in [0.717, 1.165) is 0 Å². The van der Waals surface area contributed by atoms with Crippen molar-refractivity contribution in [3.8, 4) is 46.0 Å². The van der Waals surface area contributed by atoms with Crippen LogP contribution in [-0.4, -0.2) is 90.3 Å². The molecule has 0 aromatic heterocycles. The molecule has 0 fully saturated rings. The van der Waals surface area contributed by atoms with E-state index < -0.39 is 44.6 Å². The number of carboxylic acids is 2. The number of carbonyl (C=O) groups excluding carboxylic acids is 2. The molecule has 0 amide bonds. The molecule has 61 heavy (non-hydrogen) atoms. The monoisotopic (exact) mass is 880 g/mol. The van der Waals surface area contributed by atoms with Gasteiger partial charge in [-0.1, -0.05) is 24.3 Å². The molecule has 2 N–H and O–H groups in total. The van der Waals surface area contributed by atoms with Crippen molar-refractivity contribution < 1.29 is 125 Å². The third-order valence-electron chi connectivity index (χ3n) is 9.35. The summed E-state index contributed by atoms with van der Waals surface area (Å²) in [6.45, 7) is -2.04. The molecule has 2 unspecified atom stereocenters. The molecular weight excluding hydrogens is 835 g/mol. The Morgan fingerprint density at radius 3 is 1.02 bits per heavy atom. The molecule has 2 atom stereocenters. The van der Waals surface area contributed by atoms with E-state index >= 15 is 8.42 Å². The Balaban J connectivity index is 0.00000641. The molecule has 0 aliphatic heterocycles. The first-order valence-electron chi connectivity index (χ1n) is 17.6. The van der Waals surface area contributed by atoms with Crippen LogP contribution < -0.4 is 118 Å². The van der Waals surface area contributed by atoms with Crippen molar-refractivity contribution in [2.75, 3.05) is 70.0 Å². The molecule has 0 saturated heterocycles. The minimum atomic E-state index is -5.24. The van der Waals surface area contributed by atoms with Gasteiger partial charge in [-0.25, -0.2) is 8.42 Å². The molecule has 0 spiro atoms. The van der Waals surface area contributed by atoms with Gasteiger partial charge >= 0.3 is 59.1 Å². The maximum absolute atomic E-state index is 16.4. The number of hydrogen-bond donors (Lipinski definition) is 2. The standard InChI is InChI=1S/C42H48N2O14S.2Na/c1-51-29-13-9-27(10-14-29)41(43-25-39(45)46,19-17-33-35(55-5)21-31(53-3)22-36(33)56-6)59(49,50)42(44-26-40(47)48,28-11-15-30(52-2)16-12-28)20-18-34-37(57-7)23-32(54-4)24-38(34)58-8;;/h9-24,43-44H,25-26H2,1-8H3,(H,45,46)(H,47,48);;/q;2*+1/p-2/b19-17+,20-18+;;. The largest absolute Gasteiger partial charge is 1.00 e. The SMILES string of the molecule is COc1ccc(C(/C=C/c2c(OC)cc(OC)cc2OC)(NCC(=O)[O-])S(=O)(=O)C(/C=C/c2c(OC)cc(OC)cc2OC)(NCC(=O)[O-])c2ccc(OC)cc2)cc1.[Na+].[Na+]. The number of ether oxygens (including phenoxy) is 8. The predicted octanol–water partition coefficient (Wildman–Crippen LogP) is -3.71. The number of sulfone groups is 1. The van der Waals surface area contributed by atoms with Crippen LogP contribution in [0, 0.1) is 0 Å². The molecule has 0 heterocycles. The van der Waals surface area contributed by atoms with E-state index in [-0.39, 0.29) is 104 Å². The summed E-state index contributed by atoms with van der Waals surface area (Å²) in [6.07, 6.45) is 5.17. The first-order valence-corrected chi connectivity index (χ1v) is 19.1. The molecule has 0 radical (unpaired) electrons. The molecule has 0 aliphatic rings. The number of carboxylic acid groups (broad SMARTS) is 2. The fourth-order valence-corrected chi connectivity index (χ4v) is 8.75. The number of benzene rings is 4. The van der Waals surface area contributed by atoms with E-state index in [1.807, 2.05) is 0 Å². The first kappa shape index (κ1) is 52.7. The fourth-order valence-electron chi connectivity index (χ4n) is 6.33. The Hall–Kier alpha value is -4.43. The van der Waals surface area contributed by atoms with Crippen LogP contribution in [0.3, 0.4) is 0 Å². The molecule has 0 bridgehead atoms. The van der Waals surface area contributed by atoms with Gasteiger partial charge in [0.15, 0.2) is 9.74 Å². The van der Waals surface area contributed by atoms with Gasteiger partial charge in [0.2, 0.25) is 9.84 Å². The van der Waals surface area contributed by atoms with Crippen LogP contribution in [0.25, 0.3) is 12.2 Å². The summed E-state index contributed by atoms with van der Waals surface area (Å²) in [6, 6.07) is 17.8. The molecule has 4 aromatic carbocycles. The van der Waals surface area contributed by atoms with E-state index in [1.54, 1.807) is 24.3 Å². The Morgan fingerprint density at radius 1 is 0.508 bits per heavy atom. The van der Waals surface area contributed by atoms with E-state index in [0.29, 0.717) is 23.0 Å². The van der Waals surface area contributed by atoms with Crippen molar-refractivity contribution in [1.82, 2.24) is 10.6 Å². The Bertz CT molecular complexity index is 2070. The van der Waals surface area contributed by atoms with Crippen LogP contribution >= 0.6 is 0 Å². The van der Waals surface area contributed by atoms with Crippen LogP contribution in [-0.2, 0) is 29.2 Å². The van der Waals surface area contributed by atoms with Gasteiger partial charge in [0.1, 0.15) is 46.0 Å². The van der Waals surface area contributed by atoms with Crippen LogP contribution in [0.1, 0.15) is 22.3 Å². The summed E-state index contributed by atoms with van der Waals surface area (Å²) in [4.78, 5) is 19.5. The van der Waals surface area contributed by atoms with Crippen molar-refractivity contribution in [2.24, 2.45) is 0 Å². The Labute approximate surface area is 399 Å². The number of aliphatic carboxylic acids is 2. The maximum atomic E-state index is 16.4. The van der Waals surface area contributed by atoms with Gasteiger partial charge in [-0.15, -0.1) is 0 Å². The third kappa shape index (κ3) is 11.5. The summed E-state index contributed by atoms with van der Waals surface area (Å²) in [5, 5.41) is 30.1. The third-order valence-corrected chi connectivity index (χ3v) is 12.1. The zero-order valence-corrected chi connectivity index (χ0v) is 40.6. The van der Waals surface area contributed by atoms with Crippen molar-refractivity contribution in [3.05, 3.63) is 107 Å². The second-order valence-corrected chi connectivity index (χ2v) is 14.7. The molecule has 19 heteroatoms. The van der Waals surface area contributed by atoms with E-state index in [4.69, 9.17) is 37.9 Å². The normalized spacial score (nSPS) is 13.1. The van der Waals surface area contributed by atoms with Gasteiger partial charge in [0.05, 0.1) is 79.9 Å².